The van der Waals surface area contributed by atoms with Crippen LogP contribution in [0.5, 0.6) is 0 Å². The van der Waals surface area contributed by atoms with Crippen molar-refractivity contribution < 1.29 is 17.6 Å². The molecule has 0 saturated heterocycles. The maximum Gasteiger partial charge on any atom is 0.433 e. The lowest BCUT2D eigenvalue weighted by molar-refractivity contribution is -0.141. The molecule has 0 amide bonds. The second-order valence-electron chi connectivity index (χ2n) is 5.44. The summed E-state index contributed by atoms with van der Waals surface area (Å²) in [6, 6.07) is 4.47. The number of nitrogens with zero attached hydrogens (tertiary/aromatic N) is 3. The normalized spacial score (nSPS) is 11.7. The first kappa shape index (κ1) is 19.2. The molecule has 0 saturated carbocycles. The second-order valence-corrected chi connectivity index (χ2v) is 5.85. The number of hydrogen-bond donors (Lipinski definition) is 2. The highest BCUT2D eigenvalue weighted by Gasteiger charge is 2.33. The number of likely N-dealkylation sites (N-methyl/N-ethyl adjacent to an activating group) is 1. The van der Waals surface area contributed by atoms with E-state index in [4.69, 9.17) is 11.6 Å². The van der Waals surface area contributed by atoms with Gasteiger partial charge in [-0.1, -0.05) is 11.6 Å². The van der Waals surface area contributed by atoms with Gasteiger partial charge in [0.1, 0.15) is 11.6 Å². The maximum absolute atomic E-state index is 13.2. The summed E-state index contributed by atoms with van der Waals surface area (Å²) in [4.78, 5) is 9.35. The SMILES string of the molecule is CN(C)CCNc1nc(Nc2ccc(F)c(Cl)c2)cc(C(F)(F)F)n1. The largest absolute Gasteiger partial charge is 0.433 e. The highest BCUT2D eigenvalue weighted by Crippen LogP contribution is 2.31. The minimum Gasteiger partial charge on any atom is -0.353 e. The van der Waals surface area contributed by atoms with Crippen molar-refractivity contribution in [3.8, 4) is 0 Å². The van der Waals surface area contributed by atoms with Gasteiger partial charge >= 0.3 is 6.18 Å². The summed E-state index contributed by atoms with van der Waals surface area (Å²) in [5.41, 5.74) is -0.789. The minimum absolute atomic E-state index is 0.0858. The quantitative estimate of drug-likeness (QED) is 0.745. The van der Waals surface area contributed by atoms with Crippen LogP contribution in [0.4, 0.5) is 35.0 Å². The molecule has 0 spiro atoms. The van der Waals surface area contributed by atoms with E-state index in [1.165, 1.54) is 12.1 Å². The average Bonchev–Trinajstić information content (AvgIpc) is 2.49. The predicted molar refractivity (Wildman–Crippen MR) is 88.8 cm³/mol. The van der Waals surface area contributed by atoms with E-state index in [1.54, 1.807) is 0 Å². The molecule has 0 bridgehead atoms. The molecule has 0 atom stereocenters. The number of nitrogens with one attached hydrogen (secondary N) is 2. The van der Waals surface area contributed by atoms with Crippen LogP contribution in [0.1, 0.15) is 5.69 Å². The predicted octanol–water partition coefficient (Wildman–Crippen LogP) is 4.01. The number of halogens is 5. The third-order valence-electron chi connectivity index (χ3n) is 3.05. The Morgan fingerprint density at radius 1 is 1.16 bits per heavy atom. The zero-order valence-corrected chi connectivity index (χ0v) is 14.2. The number of hydrogen-bond acceptors (Lipinski definition) is 5. The molecule has 2 rings (SSSR count). The molecule has 0 unspecified atom stereocenters. The highest BCUT2D eigenvalue weighted by atomic mass is 35.5. The molecule has 0 fully saturated rings. The molecule has 0 aliphatic heterocycles. The maximum atomic E-state index is 13.2. The molecule has 1 heterocycles. The van der Waals surface area contributed by atoms with Gasteiger partial charge in [-0.15, -0.1) is 0 Å². The van der Waals surface area contributed by atoms with Crippen LogP contribution in [-0.4, -0.2) is 42.1 Å². The molecule has 2 N–H and O–H groups in total. The Labute approximate surface area is 147 Å². The first-order valence-electron chi connectivity index (χ1n) is 7.22. The van der Waals surface area contributed by atoms with Crippen molar-refractivity contribution in [3.05, 3.63) is 40.8 Å². The van der Waals surface area contributed by atoms with Gasteiger partial charge < -0.3 is 15.5 Å². The molecule has 0 radical (unpaired) electrons. The van der Waals surface area contributed by atoms with E-state index in [-0.39, 0.29) is 16.8 Å². The van der Waals surface area contributed by atoms with Gasteiger partial charge in [-0.05, 0) is 32.3 Å². The van der Waals surface area contributed by atoms with Crippen LogP contribution in [0.15, 0.2) is 24.3 Å². The lowest BCUT2D eigenvalue weighted by Gasteiger charge is -2.14. The summed E-state index contributed by atoms with van der Waals surface area (Å²) in [7, 11) is 3.67. The Kier molecular flexibility index (Phi) is 6.02. The molecule has 136 valence electrons. The van der Waals surface area contributed by atoms with Crippen molar-refractivity contribution in [1.82, 2.24) is 14.9 Å². The van der Waals surface area contributed by atoms with Crippen molar-refractivity contribution in [2.75, 3.05) is 37.8 Å². The van der Waals surface area contributed by atoms with Crippen molar-refractivity contribution >= 4 is 29.1 Å². The van der Waals surface area contributed by atoms with Crippen LogP contribution in [-0.2, 0) is 6.18 Å². The topological polar surface area (TPSA) is 53.1 Å². The van der Waals surface area contributed by atoms with E-state index in [2.05, 4.69) is 20.6 Å². The number of anilines is 3. The van der Waals surface area contributed by atoms with Crippen molar-refractivity contribution in [2.24, 2.45) is 0 Å². The summed E-state index contributed by atoms with van der Waals surface area (Å²) in [5, 5.41) is 5.26. The molecule has 1 aromatic carbocycles. The summed E-state index contributed by atoms with van der Waals surface area (Å²) < 4.78 is 52.3. The Hall–Kier alpha value is -2.13. The lowest BCUT2D eigenvalue weighted by atomic mass is 10.3. The smallest absolute Gasteiger partial charge is 0.353 e. The lowest BCUT2D eigenvalue weighted by Crippen LogP contribution is -2.22. The van der Waals surface area contributed by atoms with E-state index >= 15 is 0 Å². The van der Waals surface area contributed by atoms with Crippen molar-refractivity contribution in [3.63, 3.8) is 0 Å². The van der Waals surface area contributed by atoms with Gasteiger partial charge in [-0.2, -0.15) is 18.2 Å². The molecule has 5 nitrogen and oxygen atoms in total. The van der Waals surface area contributed by atoms with Crippen LogP contribution in [0.3, 0.4) is 0 Å². The molecule has 0 aliphatic carbocycles. The highest BCUT2D eigenvalue weighted by molar-refractivity contribution is 6.31. The summed E-state index contributed by atoms with van der Waals surface area (Å²) in [5.74, 6) is -0.873. The third kappa shape index (κ3) is 5.71. The molecular formula is C15H16ClF4N5. The van der Waals surface area contributed by atoms with Gasteiger partial charge in [0.25, 0.3) is 0 Å². The number of aromatic nitrogens is 2. The van der Waals surface area contributed by atoms with Gasteiger partial charge in [0.15, 0.2) is 5.69 Å². The third-order valence-corrected chi connectivity index (χ3v) is 3.34. The van der Waals surface area contributed by atoms with Crippen LogP contribution in [0.25, 0.3) is 0 Å². The van der Waals surface area contributed by atoms with Crippen molar-refractivity contribution in [2.45, 2.75) is 6.18 Å². The summed E-state index contributed by atoms with van der Waals surface area (Å²) in [6.45, 7) is 0.964. The Morgan fingerprint density at radius 2 is 1.88 bits per heavy atom. The standard InChI is InChI=1S/C15H16ClF4N5/c1-25(2)6-5-21-14-23-12(15(18,19)20)8-13(24-14)22-9-3-4-11(17)10(16)7-9/h3-4,7-8H,5-6H2,1-2H3,(H2,21,22,23,24). The van der Waals surface area contributed by atoms with E-state index < -0.39 is 17.7 Å². The van der Waals surface area contributed by atoms with Crippen LogP contribution >= 0.6 is 11.6 Å². The first-order valence-corrected chi connectivity index (χ1v) is 7.60. The average molecular weight is 378 g/mol. The summed E-state index contributed by atoms with van der Waals surface area (Å²) >= 11 is 5.67. The van der Waals surface area contributed by atoms with Gasteiger partial charge in [-0.3, -0.25) is 0 Å². The first-order chi connectivity index (χ1) is 11.6. The zero-order chi connectivity index (χ0) is 18.6. The van der Waals surface area contributed by atoms with Gasteiger partial charge in [0.2, 0.25) is 5.95 Å². The van der Waals surface area contributed by atoms with E-state index in [1.807, 2.05) is 19.0 Å². The fraction of sp³-hybridized carbons (Fsp3) is 0.333. The van der Waals surface area contributed by atoms with Crippen LogP contribution in [0.2, 0.25) is 5.02 Å². The van der Waals surface area contributed by atoms with Gasteiger partial charge in [0, 0.05) is 24.8 Å². The monoisotopic (exact) mass is 377 g/mol. The molecule has 0 aliphatic rings. The van der Waals surface area contributed by atoms with E-state index in [0.29, 0.717) is 18.8 Å². The Balaban J connectivity index is 2.27. The summed E-state index contributed by atoms with van der Waals surface area (Å²) in [6.07, 6.45) is -4.63. The molecule has 1 aromatic heterocycles. The van der Waals surface area contributed by atoms with E-state index in [0.717, 1.165) is 12.1 Å². The molecule has 2 aromatic rings. The molecule has 25 heavy (non-hydrogen) atoms. The fourth-order valence-corrected chi connectivity index (χ4v) is 2.03. The minimum atomic E-state index is -4.63. The van der Waals surface area contributed by atoms with Gasteiger partial charge in [-0.25, -0.2) is 9.37 Å². The Bertz CT molecular complexity index is 736. The Morgan fingerprint density at radius 3 is 2.48 bits per heavy atom. The van der Waals surface area contributed by atoms with E-state index in [9.17, 15) is 17.6 Å². The van der Waals surface area contributed by atoms with Crippen molar-refractivity contribution in [1.29, 1.82) is 0 Å². The van der Waals surface area contributed by atoms with Gasteiger partial charge in [0.05, 0.1) is 5.02 Å². The molecular weight excluding hydrogens is 362 g/mol. The number of rotatable bonds is 6. The fourth-order valence-electron chi connectivity index (χ4n) is 1.85. The zero-order valence-electron chi connectivity index (χ0n) is 13.5. The second kappa shape index (κ2) is 7.83. The number of benzene rings is 1. The van der Waals surface area contributed by atoms with Crippen LogP contribution < -0.4 is 10.6 Å². The molecule has 10 heteroatoms. The van der Waals surface area contributed by atoms with Crippen LogP contribution in [0, 0.1) is 5.82 Å². The number of alkyl halides is 3.